The molecule has 1 saturated heterocycles. The predicted octanol–water partition coefficient (Wildman–Crippen LogP) is 3.28. The number of anilines is 3. The molecule has 3 heterocycles. The van der Waals surface area contributed by atoms with Gasteiger partial charge in [-0.05, 0) is 52.0 Å². The Labute approximate surface area is 211 Å². The van der Waals surface area contributed by atoms with Crippen LogP contribution in [0.5, 0.6) is 5.75 Å². The zero-order chi connectivity index (χ0) is 25.9. The lowest BCUT2D eigenvalue weighted by Crippen LogP contribution is -2.50. The molecule has 2 aliphatic rings. The van der Waals surface area contributed by atoms with Crippen molar-refractivity contribution in [1.82, 2.24) is 9.88 Å². The van der Waals surface area contributed by atoms with E-state index in [1.54, 1.807) is 29.0 Å². The number of carbonyl (C=O) groups excluding carboxylic acids is 3. The molecule has 1 atom stereocenters. The molecular weight excluding hydrogens is 462 g/mol. The number of benzene rings is 1. The van der Waals surface area contributed by atoms with Gasteiger partial charge in [-0.15, -0.1) is 0 Å². The van der Waals surface area contributed by atoms with Gasteiger partial charge in [0, 0.05) is 39.1 Å². The minimum absolute atomic E-state index is 0.128. The number of amides is 3. The van der Waals surface area contributed by atoms with E-state index in [1.807, 2.05) is 51.1 Å². The number of nitrogens with zero attached hydrogens (tertiary/aromatic N) is 4. The van der Waals surface area contributed by atoms with Crippen molar-refractivity contribution in [1.29, 1.82) is 0 Å². The molecule has 0 spiro atoms. The number of ether oxygens (including phenoxy) is 2. The lowest BCUT2D eigenvalue weighted by atomic mass is 10.1. The van der Waals surface area contributed by atoms with E-state index >= 15 is 0 Å². The Balaban J connectivity index is 1.27. The third-order valence-corrected chi connectivity index (χ3v) is 5.95. The van der Waals surface area contributed by atoms with E-state index in [4.69, 9.17) is 9.47 Å². The summed E-state index contributed by atoms with van der Waals surface area (Å²) in [6.07, 6.45) is 0.948. The third kappa shape index (κ3) is 6.05. The van der Waals surface area contributed by atoms with E-state index in [9.17, 15) is 14.4 Å². The van der Waals surface area contributed by atoms with Crippen molar-refractivity contribution in [3.8, 4) is 5.75 Å². The molecule has 2 aromatic rings. The zero-order valence-electron chi connectivity index (χ0n) is 21.2. The molecule has 0 saturated carbocycles. The summed E-state index contributed by atoms with van der Waals surface area (Å²) in [4.78, 5) is 47.2. The molecule has 36 heavy (non-hydrogen) atoms. The normalized spacial score (nSPS) is 17.8. The molecule has 10 nitrogen and oxygen atoms in total. The monoisotopic (exact) mass is 495 g/mol. The first-order valence-electron chi connectivity index (χ1n) is 12.2. The van der Waals surface area contributed by atoms with Gasteiger partial charge in [-0.3, -0.25) is 9.59 Å². The lowest BCUT2D eigenvalue weighted by Gasteiger charge is -2.36. The van der Waals surface area contributed by atoms with Crippen molar-refractivity contribution >= 4 is 35.1 Å². The van der Waals surface area contributed by atoms with E-state index in [1.165, 1.54) is 0 Å². The Morgan fingerprint density at radius 2 is 1.83 bits per heavy atom. The van der Waals surface area contributed by atoms with Crippen molar-refractivity contribution in [2.75, 3.05) is 47.8 Å². The maximum atomic E-state index is 12.6. The molecule has 2 aliphatic heterocycles. The van der Waals surface area contributed by atoms with Crippen LogP contribution in [0, 0.1) is 0 Å². The van der Waals surface area contributed by atoms with Gasteiger partial charge in [0.15, 0.2) is 6.10 Å². The van der Waals surface area contributed by atoms with Gasteiger partial charge in [0.2, 0.25) is 5.91 Å². The van der Waals surface area contributed by atoms with Crippen molar-refractivity contribution in [3.05, 3.63) is 42.6 Å². The summed E-state index contributed by atoms with van der Waals surface area (Å²) in [6, 6.07) is 11.0. The van der Waals surface area contributed by atoms with E-state index in [0.717, 1.165) is 5.69 Å². The number of pyridine rings is 1. The standard InChI is InChI=1S/C26H33N5O5/c1-18-24(33)31(20-7-5-6-8-21(20)35-18)12-11-23(32)28-22-10-9-19(17-27-22)29-13-15-30(16-14-29)25(34)36-26(2,3)4/h5-10,17-18H,11-16H2,1-4H3,(H,27,28,32). The van der Waals surface area contributed by atoms with Crippen LogP contribution >= 0.6 is 0 Å². The van der Waals surface area contributed by atoms with E-state index in [2.05, 4.69) is 15.2 Å². The minimum atomic E-state index is -0.594. The number of hydrogen-bond donors (Lipinski definition) is 1. The Bertz CT molecular complexity index is 1110. The second-order valence-corrected chi connectivity index (χ2v) is 9.87. The first-order valence-corrected chi connectivity index (χ1v) is 12.2. The van der Waals surface area contributed by atoms with Crippen molar-refractivity contribution in [3.63, 3.8) is 0 Å². The minimum Gasteiger partial charge on any atom is -0.479 e. The van der Waals surface area contributed by atoms with Crippen molar-refractivity contribution < 1.29 is 23.9 Å². The highest BCUT2D eigenvalue weighted by atomic mass is 16.6. The molecule has 0 aliphatic carbocycles. The molecule has 1 unspecified atom stereocenters. The highest BCUT2D eigenvalue weighted by molar-refractivity contribution is 6.00. The molecule has 1 aromatic heterocycles. The van der Waals surface area contributed by atoms with Gasteiger partial charge in [0.25, 0.3) is 5.91 Å². The Hall–Kier alpha value is -3.82. The Morgan fingerprint density at radius 3 is 2.50 bits per heavy atom. The van der Waals surface area contributed by atoms with Crippen LogP contribution in [0.15, 0.2) is 42.6 Å². The molecule has 10 heteroatoms. The zero-order valence-corrected chi connectivity index (χ0v) is 21.2. The molecule has 4 rings (SSSR count). The second-order valence-electron chi connectivity index (χ2n) is 9.87. The summed E-state index contributed by atoms with van der Waals surface area (Å²) in [5.74, 6) is 0.675. The first-order chi connectivity index (χ1) is 17.1. The number of hydrogen-bond acceptors (Lipinski definition) is 7. The number of nitrogens with one attached hydrogen (secondary N) is 1. The first kappa shape index (κ1) is 25.3. The summed E-state index contributed by atoms with van der Waals surface area (Å²) in [6.45, 7) is 9.98. The quantitative estimate of drug-likeness (QED) is 0.679. The SMILES string of the molecule is CC1Oc2ccccc2N(CCC(=O)Nc2ccc(N3CCN(C(=O)OC(C)(C)C)CC3)cn2)C1=O. The van der Waals surface area contributed by atoms with E-state index in [-0.39, 0.29) is 30.9 Å². The van der Waals surface area contributed by atoms with Gasteiger partial charge in [0.05, 0.1) is 17.6 Å². The van der Waals surface area contributed by atoms with Gasteiger partial charge in [-0.2, -0.15) is 0 Å². The fourth-order valence-corrected chi connectivity index (χ4v) is 4.13. The van der Waals surface area contributed by atoms with Crippen LogP contribution in [-0.4, -0.2) is 72.2 Å². The molecule has 3 amide bonds. The molecule has 1 aromatic carbocycles. The third-order valence-electron chi connectivity index (χ3n) is 5.95. The van der Waals surface area contributed by atoms with Crippen LogP contribution in [0.2, 0.25) is 0 Å². The topological polar surface area (TPSA) is 104 Å². The number of carbonyl (C=O) groups is 3. The Morgan fingerprint density at radius 1 is 1.11 bits per heavy atom. The van der Waals surface area contributed by atoms with Crippen molar-refractivity contribution in [2.45, 2.75) is 45.8 Å². The van der Waals surface area contributed by atoms with Crippen LogP contribution in [0.3, 0.4) is 0 Å². The van der Waals surface area contributed by atoms with Crippen LogP contribution in [-0.2, 0) is 14.3 Å². The number of aromatic nitrogens is 1. The average Bonchev–Trinajstić information content (AvgIpc) is 2.84. The van der Waals surface area contributed by atoms with Crippen LogP contribution in [0.25, 0.3) is 0 Å². The fraction of sp³-hybridized carbons (Fsp3) is 0.462. The van der Waals surface area contributed by atoms with Gasteiger partial charge in [-0.25, -0.2) is 9.78 Å². The summed E-state index contributed by atoms with van der Waals surface area (Å²) in [7, 11) is 0. The molecule has 0 bridgehead atoms. The lowest BCUT2D eigenvalue weighted by molar-refractivity contribution is -0.125. The highest BCUT2D eigenvalue weighted by Gasteiger charge is 2.31. The molecule has 0 radical (unpaired) electrons. The summed E-state index contributed by atoms with van der Waals surface area (Å²) in [5.41, 5.74) is 1.07. The molecule has 1 fully saturated rings. The number of para-hydroxylation sites is 2. The van der Waals surface area contributed by atoms with Gasteiger partial charge in [0.1, 0.15) is 17.2 Å². The van der Waals surface area contributed by atoms with Gasteiger partial charge < -0.3 is 29.5 Å². The molecule has 192 valence electrons. The fourth-order valence-electron chi connectivity index (χ4n) is 4.13. The number of rotatable bonds is 5. The molecule has 1 N–H and O–H groups in total. The maximum Gasteiger partial charge on any atom is 0.410 e. The van der Waals surface area contributed by atoms with Gasteiger partial charge in [-0.1, -0.05) is 12.1 Å². The number of fused-ring (bicyclic) bond motifs is 1. The van der Waals surface area contributed by atoms with Crippen LogP contribution < -0.4 is 19.9 Å². The summed E-state index contributed by atoms with van der Waals surface area (Å²) < 4.78 is 11.1. The Kier molecular flexibility index (Phi) is 7.32. The van der Waals surface area contributed by atoms with Crippen LogP contribution in [0.4, 0.5) is 22.0 Å². The van der Waals surface area contributed by atoms with Gasteiger partial charge >= 0.3 is 6.09 Å². The van der Waals surface area contributed by atoms with E-state index < -0.39 is 11.7 Å². The second kappa shape index (κ2) is 10.4. The van der Waals surface area contributed by atoms with E-state index in [0.29, 0.717) is 43.4 Å². The smallest absolute Gasteiger partial charge is 0.410 e. The van der Waals surface area contributed by atoms with Crippen molar-refractivity contribution in [2.24, 2.45) is 0 Å². The van der Waals surface area contributed by atoms with Crippen LogP contribution in [0.1, 0.15) is 34.1 Å². The molecular formula is C26H33N5O5. The maximum absolute atomic E-state index is 12.6. The highest BCUT2D eigenvalue weighted by Crippen LogP contribution is 2.33. The average molecular weight is 496 g/mol. The summed E-state index contributed by atoms with van der Waals surface area (Å²) in [5, 5.41) is 2.80. The predicted molar refractivity (Wildman–Crippen MR) is 136 cm³/mol. The largest absolute Gasteiger partial charge is 0.479 e. The summed E-state index contributed by atoms with van der Waals surface area (Å²) >= 11 is 0. The number of piperazine rings is 1.